The van der Waals surface area contributed by atoms with Gasteiger partial charge in [-0.3, -0.25) is 4.99 Å². The van der Waals surface area contributed by atoms with Crippen LogP contribution in [0.2, 0.25) is 0 Å². The second-order valence-electron chi connectivity index (χ2n) is 2.05. The van der Waals surface area contributed by atoms with E-state index in [-0.39, 0.29) is 0 Å². The fourth-order valence-corrected chi connectivity index (χ4v) is 0.929. The molecular formula is C8H18N2. The first-order chi connectivity index (χ1) is 4.93. The minimum Gasteiger partial charge on any atom is -0.374 e. The first-order valence-corrected chi connectivity index (χ1v) is 4.13. The van der Waals surface area contributed by atoms with Crippen molar-refractivity contribution in [3.05, 3.63) is 0 Å². The van der Waals surface area contributed by atoms with Gasteiger partial charge in [0.15, 0.2) is 0 Å². The molecule has 0 aliphatic carbocycles. The second-order valence-corrected chi connectivity index (χ2v) is 2.05. The van der Waals surface area contributed by atoms with Gasteiger partial charge in [0.1, 0.15) is 0 Å². The Hall–Kier alpha value is -0.530. The Bertz CT molecular complexity index is 89.4. The van der Waals surface area contributed by atoms with Crippen molar-refractivity contribution < 1.29 is 0 Å². The van der Waals surface area contributed by atoms with Gasteiger partial charge in [0.25, 0.3) is 0 Å². The SMILES string of the molecule is CC.CN=C1CCCCN1. The molecule has 1 heterocycles. The van der Waals surface area contributed by atoms with Crippen molar-refractivity contribution in [1.29, 1.82) is 0 Å². The highest BCUT2D eigenvalue weighted by Crippen LogP contribution is 2.00. The van der Waals surface area contributed by atoms with Gasteiger partial charge in [-0.05, 0) is 12.8 Å². The van der Waals surface area contributed by atoms with E-state index in [0.29, 0.717) is 0 Å². The molecular weight excluding hydrogens is 124 g/mol. The van der Waals surface area contributed by atoms with E-state index in [1.54, 1.807) is 0 Å². The van der Waals surface area contributed by atoms with Crippen molar-refractivity contribution >= 4 is 5.84 Å². The zero-order chi connectivity index (χ0) is 7.82. The van der Waals surface area contributed by atoms with Crippen molar-refractivity contribution in [2.45, 2.75) is 33.1 Å². The molecule has 0 radical (unpaired) electrons. The van der Waals surface area contributed by atoms with E-state index >= 15 is 0 Å². The summed E-state index contributed by atoms with van der Waals surface area (Å²) in [6.07, 6.45) is 3.76. The normalized spacial score (nSPS) is 20.9. The molecule has 0 aromatic carbocycles. The van der Waals surface area contributed by atoms with E-state index in [1.165, 1.54) is 18.7 Å². The highest BCUT2D eigenvalue weighted by atomic mass is 15.0. The van der Waals surface area contributed by atoms with Crippen LogP contribution in [0.25, 0.3) is 0 Å². The maximum Gasteiger partial charge on any atom is 0.0959 e. The van der Waals surface area contributed by atoms with Gasteiger partial charge in [0.2, 0.25) is 0 Å². The molecule has 0 aromatic heterocycles. The predicted octanol–water partition coefficient (Wildman–Crippen LogP) is 1.81. The summed E-state index contributed by atoms with van der Waals surface area (Å²) in [5.41, 5.74) is 0. The fourth-order valence-electron chi connectivity index (χ4n) is 0.929. The van der Waals surface area contributed by atoms with Crippen LogP contribution in [0, 0.1) is 0 Å². The Kier molecular flexibility index (Phi) is 6.24. The highest BCUT2D eigenvalue weighted by Gasteiger charge is 2.02. The molecule has 0 atom stereocenters. The standard InChI is InChI=1S/C6H12N2.C2H6/c1-7-6-4-2-3-5-8-6;1-2/h2-5H2,1H3,(H,7,8);1-2H3. The molecule has 0 spiro atoms. The van der Waals surface area contributed by atoms with E-state index in [9.17, 15) is 0 Å². The van der Waals surface area contributed by atoms with Crippen LogP contribution in [0.15, 0.2) is 4.99 Å². The number of aliphatic imine (C=N–C) groups is 1. The maximum atomic E-state index is 4.05. The number of rotatable bonds is 0. The molecule has 0 saturated carbocycles. The molecule has 1 fully saturated rings. The molecule has 2 heteroatoms. The Morgan fingerprint density at radius 3 is 2.30 bits per heavy atom. The Morgan fingerprint density at radius 2 is 2.00 bits per heavy atom. The van der Waals surface area contributed by atoms with Crippen molar-refractivity contribution in [1.82, 2.24) is 5.32 Å². The van der Waals surface area contributed by atoms with Crippen LogP contribution in [-0.4, -0.2) is 19.4 Å². The first kappa shape index (κ1) is 9.47. The Balaban J connectivity index is 0.000000371. The van der Waals surface area contributed by atoms with Gasteiger partial charge >= 0.3 is 0 Å². The zero-order valence-corrected chi connectivity index (χ0v) is 7.28. The minimum absolute atomic E-state index is 1.12. The van der Waals surface area contributed by atoms with Crippen LogP contribution in [-0.2, 0) is 0 Å². The molecule has 60 valence electrons. The number of hydrogen-bond acceptors (Lipinski definition) is 1. The molecule has 1 aliphatic heterocycles. The summed E-state index contributed by atoms with van der Waals surface area (Å²) in [7, 11) is 1.84. The van der Waals surface area contributed by atoms with E-state index < -0.39 is 0 Å². The summed E-state index contributed by atoms with van der Waals surface area (Å²) in [5.74, 6) is 1.18. The topological polar surface area (TPSA) is 24.4 Å². The van der Waals surface area contributed by atoms with Crippen molar-refractivity contribution in [3.63, 3.8) is 0 Å². The third-order valence-corrected chi connectivity index (χ3v) is 1.44. The predicted molar refractivity (Wildman–Crippen MR) is 46.6 cm³/mol. The lowest BCUT2D eigenvalue weighted by molar-refractivity contribution is 0.668. The summed E-state index contributed by atoms with van der Waals surface area (Å²) in [6, 6.07) is 0. The average Bonchev–Trinajstić information content (AvgIpc) is 2.10. The van der Waals surface area contributed by atoms with Crippen LogP contribution < -0.4 is 5.32 Å². The number of amidine groups is 1. The lowest BCUT2D eigenvalue weighted by Crippen LogP contribution is -2.28. The molecule has 1 rings (SSSR count). The largest absolute Gasteiger partial charge is 0.374 e. The zero-order valence-electron chi connectivity index (χ0n) is 7.28. The summed E-state index contributed by atoms with van der Waals surface area (Å²) in [4.78, 5) is 4.05. The number of piperidine rings is 1. The van der Waals surface area contributed by atoms with Crippen molar-refractivity contribution in [2.75, 3.05) is 13.6 Å². The van der Waals surface area contributed by atoms with Gasteiger partial charge in [-0.25, -0.2) is 0 Å². The van der Waals surface area contributed by atoms with E-state index in [0.717, 1.165) is 13.0 Å². The van der Waals surface area contributed by atoms with Crippen molar-refractivity contribution in [3.8, 4) is 0 Å². The molecule has 0 amide bonds. The first-order valence-electron chi connectivity index (χ1n) is 4.13. The smallest absolute Gasteiger partial charge is 0.0959 e. The molecule has 0 bridgehead atoms. The second kappa shape index (κ2) is 6.59. The molecule has 1 N–H and O–H groups in total. The Morgan fingerprint density at radius 1 is 1.30 bits per heavy atom. The van der Waals surface area contributed by atoms with Crippen LogP contribution in [0.3, 0.4) is 0 Å². The lowest BCUT2D eigenvalue weighted by Gasteiger charge is -2.13. The van der Waals surface area contributed by atoms with E-state index in [4.69, 9.17) is 0 Å². The average molecular weight is 142 g/mol. The number of hydrogen-bond donors (Lipinski definition) is 1. The monoisotopic (exact) mass is 142 g/mol. The van der Waals surface area contributed by atoms with Crippen LogP contribution in [0.4, 0.5) is 0 Å². The van der Waals surface area contributed by atoms with Gasteiger partial charge in [0, 0.05) is 20.0 Å². The lowest BCUT2D eigenvalue weighted by atomic mass is 10.1. The van der Waals surface area contributed by atoms with Crippen LogP contribution in [0.1, 0.15) is 33.1 Å². The van der Waals surface area contributed by atoms with Gasteiger partial charge in [-0.2, -0.15) is 0 Å². The van der Waals surface area contributed by atoms with Crippen LogP contribution in [0.5, 0.6) is 0 Å². The summed E-state index contributed by atoms with van der Waals surface area (Å²) in [5, 5.41) is 3.22. The van der Waals surface area contributed by atoms with Crippen molar-refractivity contribution in [2.24, 2.45) is 4.99 Å². The maximum absolute atomic E-state index is 4.05. The third-order valence-electron chi connectivity index (χ3n) is 1.44. The molecule has 10 heavy (non-hydrogen) atoms. The summed E-state index contributed by atoms with van der Waals surface area (Å²) in [6.45, 7) is 5.12. The number of nitrogens with one attached hydrogen (secondary N) is 1. The molecule has 2 nitrogen and oxygen atoms in total. The van der Waals surface area contributed by atoms with Gasteiger partial charge < -0.3 is 5.32 Å². The minimum atomic E-state index is 1.12. The quantitative estimate of drug-likeness (QED) is 0.548. The fraction of sp³-hybridized carbons (Fsp3) is 0.875. The van der Waals surface area contributed by atoms with Gasteiger partial charge in [-0.1, -0.05) is 13.8 Å². The molecule has 1 aliphatic rings. The van der Waals surface area contributed by atoms with E-state index in [1.807, 2.05) is 20.9 Å². The number of nitrogens with zero attached hydrogens (tertiary/aromatic N) is 1. The van der Waals surface area contributed by atoms with Crippen LogP contribution >= 0.6 is 0 Å². The Labute approximate surface area is 63.7 Å². The molecule has 0 aromatic rings. The summed E-state index contributed by atoms with van der Waals surface area (Å²) < 4.78 is 0. The van der Waals surface area contributed by atoms with E-state index in [2.05, 4.69) is 10.3 Å². The van der Waals surface area contributed by atoms with Gasteiger partial charge in [-0.15, -0.1) is 0 Å². The van der Waals surface area contributed by atoms with Gasteiger partial charge in [0.05, 0.1) is 5.84 Å². The highest BCUT2D eigenvalue weighted by molar-refractivity contribution is 5.82. The summed E-state index contributed by atoms with van der Waals surface area (Å²) >= 11 is 0. The molecule has 0 unspecified atom stereocenters. The third kappa shape index (κ3) is 3.49. The molecule has 1 saturated heterocycles.